The van der Waals surface area contributed by atoms with Crippen LogP contribution in [-0.4, -0.2) is 48.4 Å². The van der Waals surface area contributed by atoms with Crippen molar-refractivity contribution in [1.82, 2.24) is 14.8 Å². The van der Waals surface area contributed by atoms with Gasteiger partial charge in [-0.1, -0.05) is 0 Å². The van der Waals surface area contributed by atoms with Gasteiger partial charge in [-0.2, -0.15) is 0 Å². The number of halogens is 3. The number of aliphatic carboxylic acids is 1. The van der Waals surface area contributed by atoms with Crippen LogP contribution in [0.1, 0.15) is 18.3 Å². The van der Waals surface area contributed by atoms with Crippen LogP contribution < -0.4 is 0 Å². The van der Waals surface area contributed by atoms with Crippen LogP contribution in [0.2, 0.25) is 0 Å². The van der Waals surface area contributed by atoms with E-state index in [1.54, 1.807) is 6.92 Å². The van der Waals surface area contributed by atoms with E-state index in [1.807, 2.05) is 0 Å². The van der Waals surface area contributed by atoms with Crippen molar-refractivity contribution in [3.05, 3.63) is 5.82 Å². The van der Waals surface area contributed by atoms with E-state index in [0.717, 1.165) is 0 Å². The Bertz CT molecular complexity index is 669. The molecule has 1 aromatic rings. The SMILES string of the molecule is Cc1nnc(S(=O)(=O)C(Br)(Br)Br)n1C1COC1CC(=O)O. The van der Waals surface area contributed by atoms with Crippen LogP contribution in [0.15, 0.2) is 5.16 Å². The third-order valence-electron chi connectivity index (χ3n) is 3.00. The molecule has 8 nitrogen and oxygen atoms in total. The lowest BCUT2D eigenvalue weighted by Crippen LogP contribution is -2.44. The summed E-state index contributed by atoms with van der Waals surface area (Å²) >= 11 is 8.89. The van der Waals surface area contributed by atoms with E-state index in [9.17, 15) is 13.2 Å². The van der Waals surface area contributed by atoms with Crippen molar-refractivity contribution in [3.63, 3.8) is 0 Å². The minimum absolute atomic E-state index is 0.208. The quantitative estimate of drug-likeness (QED) is 0.611. The zero-order valence-corrected chi connectivity index (χ0v) is 16.1. The highest BCUT2D eigenvalue weighted by Crippen LogP contribution is 2.44. The number of hydrogen-bond acceptors (Lipinski definition) is 6. The molecule has 118 valence electrons. The first-order chi connectivity index (χ1) is 9.55. The summed E-state index contributed by atoms with van der Waals surface area (Å²) in [5.41, 5.74) is 0. The Balaban J connectivity index is 2.43. The van der Waals surface area contributed by atoms with Crippen LogP contribution in [0.3, 0.4) is 0 Å². The van der Waals surface area contributed by atoms with E-state index in [-0.39, 0.29) is 18.2 Å². The molecule has 1 aliphatic rings. The van der Waals surface area contributed by atoms with Gasteiger partial charge in [0, 0.05) is 0 Å². The number of carbonyl (C=O) groups is 1. The molecule has 0 spiro atoms. The summed E-state index contributed by atoms with van der Waals surface area (Å²) in [6, 6.07) is -0.435. The number of hydrogen-bond donors (Lipinski definition) is 1. The number of rotatable bonds is 4. The average molecular weight is 512 g/mol. The topological polar surface area (TPSA) is 111 Å². The van der Waals surface area contributed by atoms with Crippen LogP contribution in [0.25, 0.3) is 0 Å². The van der Waals surface area contributed by atoms with Gasteiger partial charge in [-0.25, -0.2) is 8.42 Å². The molecule has 0 radical (unpaired) electrons. The zero-order chi connectivity index (χ0) is 16.0. The molecule has 0 amide bonds. The van der Waals surface area contributed by atoms with Crippen molar-refractivity contribution in [1.29, 1.82) is 0 Å². The Morgan fingerprint density at radius 1 is 1.48 bits per heavy atom. The number of aromatic nitrogens is 3. The highest BCUT2D eigenvalue weighted by atomic mass is 80.0. The molecule has 0 aromatic carbocycles. The van der Waals surface area contributed by atoms with Crippen LogP contribution in [0.4, 0.5) is 0 Å². The molecule has 2 rings (SSSR count). The molecule has 2 atom stereocenters. The van der Waals surface area contributed by atoms with Crippen LogP contribution >= 0.6 is 47.8 Å². The number of sulfone groups is 1. The molecule has 12 heteroatoms. The lowest BCUT2D eigenvalue weighted by Gasteiger charge is -2.37. The van der Waals surface area contributed by atoms with Crippen molar-refractivity contribution in [2.75, 3.05) is 6.61 Å². The van der Waals surface area contributed by atoms with Gasteiger partial charge < -0.3 is 9.84 Å². The molecule has 21 heavy (non-hydrogen) atoms. The fourth-order valence-corrected chi connectivity index (χ4v) is 4.13. The number of carboxylic acid groups (broad SMARTS) is 1. The highest BCUT2D eigenvalue weighted by molar-refractivity contribution is 9.42. The summed E-state index contributed by atoms with van der Waals surface area (Å²) in [6.07, 6.45) is -0.828. The highest BCUT2D eigenvalue weighted by Gasteiger charge is 2.45. The average Bonchev–Trinajstić information content (AvgIpc) is 2.66. The first-order valence-electron chi connectivity index (χ1n) is 5.62. The van der Waals surface area contributed by atoms with Gasteiger partial charge in [0.25, 0.3) is 5.16 Å². The van der Waals surface area contributed by atoms with E-state index in [1.165, 1.54) is 4.57 Å². The second kappa shape index (κ2) is 5.87. The lowest BCUT2D eigenvalue weighted by molar-refractivity contribution is -0.153. The third kappa shape index (κ3) is 3.19. The zero-order valence-electron chi connectivity index (χ0n) is 10.5. The first kappa shape index (κ1) is 17.3. The van der Waals surface area contributed by atoms with Gasteiger partial charge in [0.2, 0.25) is 11.3 Å². The fraction of sp³-hybridized carbons (Fsp3) is 0.667. The molecule has 2 heterocycles. The smallest absolute Gasteiger partial charge is 0.306 e. The third-order valence-corrected chi connectivity index (χ3v) is 8.20. The molecule has 1 aliphatic heterocycles. The van der Waals surface area contributed by atoms with E-state index in [4.69, 9.17) is 9.84 Å². The van der Waals surface area contributed by atoms with Crippen LogP contribution in [0, 0.1) is 6.92 Å². The van der Waals surface area contributed by atoms with Crippen molar-refractivity contribution in [2.45, 2.75) is 32.1 Å². The van der Waals surface area contributed by atoms with Gasteiger partial charge in [0.05, 0.1) is 25.2 Å². The summed E-state index contributed by atoms with van der Waals surface area (Å²) < 4.78 is 29.9. The van der Waals surface area contributed by atoms with E-state index in [2.05, 4.69) is 58.0 Å². The van der Waals surface area contributed by atoms with Crippen LogP contribution in [0.5, 0.6) is 0 Å². The summed E-state index contributed by atoms with van der Waals surface area (Å²) in [5, 5.41) is 16.0. The number of aryl methyl sites for hydroxylation is 1. The molecule has 1 fully saturated rings. The van der Waals surface area contributed by atoms with Crippen molar-refractivity contribution in [2.24, 2.45) is 0 Å². The van der Waals surface area contributed by atoms with E-state index < -0.39 is 29.4 Å². The molecular formula is C9H10Br3N3O5S. The van der Waals surface area contributed by atoms with E-state index in [0.29, 0.717) is 5.82 Å². The maximum Gasteiger partial charge on any atom is 0.306 e. The molecule has 1 N–H and O–H groups in total. The van der Waals surface area contributed by atoms with Gasteiger partial charge in [-0.15, -0.1) is 10.2 Å². The van der Waals surface area contributed by atoms with Gasteiger partial charge in [-0.3, -0.25) is 9.36 Å². The van der Waals surface area contributed by atoms with Gasteiger partial charge in [-0.05, 0) is 54.7 Å². The lowest BCUT2D eigenvalue weighted by atomic mass is 10.0. The summed E-state index contributed by atoms with van der Waals surface area (Å²) in [7, 11) is -3.92. The van der Waals surface area contributed by atoms with Crippen molar-refractivity contribution >= 4 is 63.6 Å². The minimum atomic E-state index is -3.92. The second-order valence-electron chi connectivity index (χ2n) is 4.39. The molecular weight excluding hydrogens is 502 g/mol. The predicted molar refractivity (Wildman–Crippen MR) is 82.5 cm³/mol. The fourth-order valence-electron chi connectivity index (χ4n) is 1.94. The number of ether oxygens (including phenoxy) is 1. The van der Waals surface area contributed by atoms with Gasteiger partial charge >= 0.3 is 5.97 Å². The number of nitrogens with zero attached hydrogens (tertiary/aromatic N) is 3. The monoisotopic (exact) mass is 509 g/mol. The second-order valence-corrected chi connectivity index (χ2v) is 14.7. The Morgan fingerprint density at radius 2 is 2.10 bits per heavy atom. The Morgan fingerprint density at radius 3 is 2.52 bits per heavy atom. The van der Waals surface area contributed by atoms with E-state index >= 15 is 0 Å². The summed E-state index contributed by atoms with van der Waals surface area (Å²) in [4.78, 5) is 10.8. The van der Waals surface area contributed by atoms with Crippen LogP contribution in [-0.2, 0) is 19.4 Å². The molecule has 2 unspecified atom stereocenters. The van der Waals surface area contributed by atoms with Crippen molar-refractivity contribution in [3.8, 4) is 0 Å². The Kier molecular flexibility index (Phi) is 4.84. The number of carboxylic acids is 1. The van der Waals surface area contributed by atoms with Gasteiger partial charge in [0.15, 0.2) is 0 Å². The Labute approximate surface area is 145 Å². The molecule has 1 aromatic heterocycles. The molecule has 0 saturated carbocycles. The number of alkyl halides is 3. The maximum absolute atomic E-state index is 12.4. The largest absolute Gasteiger partial charge is 0.481 e. The normalized spacial score (nSPS) is 22.9. The molecule has 0 aliphatic carbocycles. The van der Waals surface area contributed by atoms with Gasteiger partial charge in [0.1, 0.15) is 5.82 Å². The standard InChI is InChI=1S/C9H10Br3N3O5S/c1-4-13-14-8(21(18,19)9(10,11)12)15(4)5-3-20-6(5)2-7(16)17/h5-6H,2-3H2,1H3,(H,16,17). The summed E-state index contributed by atoms with van der Waals surface area (Å²) in [5.74, 6) is -0.648. The minimum Gasteiger partial charge on any atom is -0.481 e. The maximum atomic E-state index is 12.4. The predicted octanol–water partition coefficient (Wildman–Crippen LogP) is 1.57. The molecule has 1 saturated heterocycles. The van der Waals surface area contributed by atoms with Crippen molar-refractivity contribution < 1.29 is 23.1 Å². The Hall–Kier alpha value is -0.0400. The first-order valence-corrected chi connectivity index (χ1v) is 9.48. The molecule has 0 bridgehead atoms. The summed E-state index contributed by atoms with van der Waals surface area (Å²) in [6.45, 7) is 1.81.